The summed E-state index contributed by atoms with van der Waals surface area (Å²) in [4.78, 5) is 14.1. The summed E-state index contributed by atoms with van der Waals surface area (Å²) in [6, 6.07) is 5.81. The van der Waals surface area contributed by atoms with Gasteiger partial charge in [0.05, 0.1) is 0 Å². The summed E-state index contributed by atoms with van der Waals surface area (Å²) in [5, 5.41) is 6.31. The average molecular weight is 277 g/mol. The topological polar surface area (TPSA) is 44.4 Å². The van der Waals surface area contributed by atoms with Crippen LogP contribution in [-0.2, 0) is 0 Å². The molecule has 0 unspecified atom stereocenters. The number of hydrogen-bond acceptors (Lipinski definition) is 3. The Morgan fingerprint density at radius 3 is 2.60 bits per heavy atom. The zero-order valence-electron chi connectivity index (χ0n) is 13.1. The van der Waals surface area contributed by atoms with Crippen LogP contribution in [0, 0.1) is 6.92 Å². The van der Waals surface area contributed by atoms with Gasteiger partial charge in [-0.15, -0.1) is 0 Å². The van der Waals surface area contributed by atoms with Crippen LogP contribution in [0.25, 0.3) is 0 Å². The third kappa shape index (κ3) is 5.61. The molecular weight excluding hydrogens is 250 g/mol. The van der Waals surface area contributed by atoms with Crippen molar-refractivity contribution in [3.8, 4) is 0 Å². The van der Waals surface area contributed by atoms with Gasteiger partial charge in [0, 0.05) is 24.3 Å². The first-order valence-corrected chi connectivity index (χ1v) is 7.32. The molecule has 0 saturated carbocycles. The van der Waals surface area contributed by atoms with E-state index in [0.29, 0.717) is 6.54 Å². The first-order chi connectivity index (χ1) is 9.54. The molecule has 0 aliphatic heterocycles. The molecule has 0 bridgehead atoms. The summed E-state index contributed by atoms with van der Waals surface area (Å²) < 4.78 is 0. The number of nitrogens with zero attached hydrogens (tertiary/aromatic N) is 1. The Kier molecular flexibility index (Phi) is 7.09. The number of aryl methyl sites for hydroxylation is 1. The van der Waals surface area contributed by atoms with Crippen LogP contribution in [0.2, 0.25) is 0 Å². The standard InChI is InChI=1S/C16H27N3O/c1-5-9-17-15-8-7-14(12-13(15)2)16(20)18-10-6-11-19(3)4/h7-8,12,17H,5-6,9-11H2,1-4H3,(H,18,20). The minimum atomic E-state index is 0.00824. The maximum atomic E-state index is 12.0. The van der Waals surface area contributed by atoms with Crippen molar-refractivity contribution < 1.29 is 4.79 Å². The van der Waals surface area contributed by atoms with Crippen LogP contribution >= 0.6 is 0 Å². The summed E-state index contributed by atoms with van der Waals surface area (Å²) in [6.07, 6.45) is 2.06. The first-order valence-electron chi connectivity index (χ1n) is 7.32. The molecule has 0 saturated heterocycles. The maximum Gasteiger partial charge on any atom is 0.251 e. The average Bonchev–Trinajstić information content (AvgIpc) is 2.41. The molecule has 0 atom stereocenters. The molecule has 2 N–H and O–H groups in total. The number of benzene rings is 1. The van der Waals surface area contributed by atoms with E-state index in [1.54, 1.807) is 0 Å². The van der Waals surface area contributed by atoms with Gasteiger partial charge in [0.1, 0.15) is 0 Å². The first kappa shape index (κ1) is 16.5. The minimum Gasteiger partial charge on any atom is -0.385 e. The number of carbonyl (C=O) groups is 1. The van der Waals surface area contributed by atoms with Gasteiger partial charge in [-0.1, -0.05) is 6.92 Å². The van der Waals surface area contributed by atoms with Gasteiger partial charge in [-0.05, 0) is 64.2 Å². The van der Waals surface area contributed by atoms with Gasteiger partial charge in [-0.3, -0.25) is 4.79 Å². The van der Waals surface area contributed by atoms with E-state index in [2.05, 4.69) is 22.5 Å². The molecule has 1 rings (SSSR count). The van der Waals surface area contributed by atoms with E-state index in [4.69, 9.17) is 0 Å². The van der Waals surface area contributed by atoms with Crippen LogP contribution in [0.3, 0.4) is 0 Å². The van der Waals surface area contributed by atoms with Crippen molar-refractivity contribution in [3.05, 3.63) is 29.3 Å². The second kappa shape index (κ2) is 8.59. The number of rotatable bonds is 8. The SMILES string of the molecule is CCCNc1ccc(C(=O)NCCCN(C)C)cc1C. The van der Waals surface area contributed by atoms with Crippen LogP contribution in [0.15, 0.2) is 18.2 Å². The Hall–Kier alpha value is -1.55. The fourth-order valence-electron chi connectivity index (χ4n) is 1.96. The monoisotopic (exact) mass is 277 g/mol. The highest BCUT2D eigenvalue weighted by atomic mass is 16.1. The molecule has 0 fully saturated rings. The van der Waals surface area contributed by atoms with Crippen molar-refractivity contribution in [2.24, 2.45) is 0 Å². The van der Waals surface area contributed by atoms with E-state index in [1.165, 1.54) is 0 Å². The molecule has 0 radical (unpaired) electrons. The smallest absolute Gasteiger partial charge is 0.251 e. The Morgan fingerprint density at radius 1 is 1.25 bits per heavy atom. The number of nitrogens with one attached hydrogen (secondary N) is 2. The summed E-state index contributed by atoms with van der Waals surface area (Å²) >= 11 is 0. The van der Waals surface area contributed by atoms with Crippen molar-refractivity contribution >= 4 is 11.6 Å². The second-order valence-corrected chi connectivity index (χ2v) is 5.37. The molecule has 0 heterocycles. The van der Waals surface area contributed by atoms with E-state index in [1.807, 2.05) is 39.2 Å². The Morgan fingerprint density at radius 2 is 2.00 bits per heavy atom. The lowest BCUT2D eigenvalue weighted by molar-refractivity contribution is 0.0952. The lowest BCUT2D eigenvalue weighted by Gasteiger charge is -2.12. The lowest BCUT2D eigenvalue weighted by atomic mass is 10.1. The van der Waals surface area contributed by atoms with Crippen LogP contribution in [0.4, 0.5) is 5.69 Å². The third-order valence-electron chi connectivity index (χ3n) is 3.12. The number of anilines is 1. The Bertz CT molecular complexity index is 430. The molecule has 1 aromatic rings. The molecule has 4 heteroatoms. The van der Waals surface area contributed by atoms with E-state index in [0.717, 1.165) is 42.7 Å². The molecule has 1 aromatic carbocycles. The van der Waals surface area contributed by atoms with Gasteiger partial charge in [0.2, 0.25) is 0 Å². The normalized spacial score (nSPS) is 10.7. The third-order valence-corrected chi connectivity index (χ3v) is 3.12. The van der Waals surface area contributed by atoms with E-state index < -0.39 is 0 Å². The van der Waals surface area contributed by atoms with E-state index in [-0.39, 0.29) is 5.91 Å². The summed E-state index contributed by atoms with van der Waals surface area (Å²) in [5.74, 6) is 0.00824. The van der Waals surface area contributed by atoms with Crippen molar-refractivity contribution in [1.29, 1.82) is 0 Å². The maximum absolute atomic E-state index is 12.0. The molecular formula is C16H27N3O. The molecule has 112 valence electrons. The molecule has 0 aliphatic rings. The number of amides is 1. The summed E-state index contributed by atoms with van der Waals surface area (Å²) in [5.41, 5.74) is 2.95. The molecule has 1 amide bonds. The zero-order chi connectivity index (χ0) is 15.0. The molecule has 20 heavy (non-hydrogen) atoms. The molecule has 0 aromatic heterocycles. The summed E-state index contributed by atoms with van der Waals surface area (Å²) in [6.45, 7) is 6.82. The van der Waals surface area contributed by atoms with Crippen LogP contribution in [-0.4, -0.2) is 44.5 Å². The molecule has 0 aliphatic carbocycles. The van der Waals surface area contributed by atoms with Gasteiger partial charge in [-0.2, -0.15) is 0 Å². The van der Waals surface area contributed by atoms with Crippen molar-refractivity contribution in [3.63, 3.8) is 0 Å². The van der Waals surface area contributed by atoms with Gasteiger partial charge < -0.3 is 15.5 Å². The van der Waals surface area contributed by atoms with Crippen molar-refractivity contribution in [2.45, 2.75) is 26.7 Å². The van der Waals surface area contributed by atoms with E-state index >= 15 is 0 Å². The zero-order valence-corrected chi connectivity index (χ0v) is 13.1. The van der Waals surface area contributed by atoms with Crippen LogP contribution in [0.5, 0.6) is 0 Å². The largest absolute Gasteiger partial charge is 0.385 e. The van der Waals surface area contributed by atoms with Gasteiger partial charge >= 0.3 is 0 Å². The quantitative estimate of drug-likeness (QED) is 0.718. The second-order valence-electron chi connectivity index (χ2n) is 5.37. The highest BCUT2D eigenvalue weighted by Gasteiger charge is 2.07. The summed E-state index contributed by atoms with van der Waals surface area (Å²) in [7, 11) is 4.07. The Labute approximate surface area is 122 Å². The molecule has 0 spiro atoms. The fourth-order valence-corrected chi connectivity index (χ4v) is 1.96. The number of carbonyl (C=O) groups excluding carboxylic acids is 1. The number of hydrogen-bond donors (Lipinski definition) is 2. The van der Waals surface area contributed by atoms with Gasteiger partial charge in [0.15, 0.2) is 0 Å². The molecule has 4 nitrogen and oxygen atoms in total. The van der Waals surface area contributed by atoms with Crippen LogP contribution < -0.4 is 10.6 Å². The Balaban J connectivity index is 2.50. The lowest BCUT2D eigenvalue weighted by Crippen LogP contribution is -2.27. The van der Waals surface area contributed by atoms with Crippen LogP contribution in [0.1, 0.15) is 35.7 Å². The van der Waals surface area contributed by atoms with E-state index in [9.17, 15) is 4.79 Å². The van der Waals surface area contributed by atoms with Gasteiger partial charge in [-0.25, -0.2) is 0 Å². The van der Waals surface area contributed by atoms with Crippen molar-refractivity contribution in [1.82, 2.24) is 10.2 Å². The highest BCUT2D eigenvalue weighted by molar-refractivity contribution is 5.94. The predicted molar refractivity (Wildman–Crippen MR) is 85.5 cm³/mol. The minimum absolute atomic E-state index is 0.00824. The van der Waals surface area contributed by atoms with Gasteiger partial charge in [0.25, 0.3) is 5.91 Å². The van der Waals surface area contributed by atoms with Crippen molar-refractivity contribution in [2.75, 3.05) is 39.0 Å². The fraction of sp³-hybridized carbons (Fsp3) is 0.562. The predicted octanol–water partition coefficient (Wildman–Crippen LogP) is 2.50. The highest BCUT2D eigenvalue weighted by Crippen LogP contribution is 2.16.